The second-order valence-corrected chi connectivity index (χ2v) is 6.84. The topological polar surface area (TPSA) is 71.1 Å². The van der Waals surface area contributed by atoms with E-state index in [0.717, 1.165) is 11.3 Å². The average Bonchev–Trinajstić information content (AvgIpc) is 3.14. The molecule has 0 aromatic heterocycles. The number of benzene rings is 3. The van der Waals surface area contributed by atoms with Crippen molar-refractivity contribution in [2.45, 2.75) is 0 Å². The molecule has 6 nitrogen and oxygen atoms in total. The van der Waals surface area contributed by atoms with Crippen LogP contribution in [-0.4, -0.2) is 26.0 Å². The van der Waals surface area contributed by atoms with Crippen LogP contribution in [-0.2, 0) is 0 Å². The minimum atomic E-state index is -0.521. The van der Waals surface area contributed by atoms with Gasteiger partial charge in [-0.3, -0.25) is 4.79 Å². The summed E-state index contributed by atoms with van der Waals surface area (Å²) in [6.45, 7) is 0. The Hall–Kier alpha value is -4.32. The standard InChI is InChI=1S/C26H20O6/c1-29-19-12-10-18(11-13-19)26(28)31-20-14-15-21-24(16-20)32-23(25(21)27)9-5-7-17-6-3-4-8-22(17)30-2/h3-16H,1-2H3. The van der Waals surface area contributed by atoms with Crippen LogP contribution in [0.25, 0.3) is 6.08 Å². The smallest absolute Gasteiger partial charge is 0.343 e. The van der Waals surface area contributed by atoms with Crippen molar-refractivity contribution in [2.75, 3.05) is 14.2 Å². The summed E-state index contributed by atoms with van der Waals surface area (Å²) in [5.74, 6) is 1.42. The number of hydrogen-bond acceptors (Lipinski definition) is 6. The van der Waals surface area contributed by atoms with Crippen molar-refractivity contribution in [2.24, 2.45) is 0 Å². The molecule has 0 amide bonds. The van der Waals surface area contributed by atoms with E-state index in [9.17, 15) is 9.59 Å². The zero-order chi connectivity index (χ0) is 22.5. The molecule has 4 rings (SSSR count). The lowest BCUT2D eigenvalue weighted by Crippen LogP contribution is -2.08. The van der Waals surface area contributed by atoms with Crippen LogP contribution in [0.4, 0.5) is 0 Å². The Labute approximate surface area is 185 Å². The summed E-state index contributed by atoms with van der Waals surface area (Å²) in [6.07, 6.45) is 5.15. The van der Waals surface area contributed by atoms with Gasteiger partial charge in [0.2, 0.25) is 5.78 Å². The summed E-state index contributed by atoms with van der Waals surface area (Å²) >= 11 is 0. The second kappa shape index (κ2) is 9.22. The summed E-state index contributed by atoms with van der Waals surface area (Å²) in [4.78, 5) is 25.0. The zero-order valence-electron chi connectivity index (χ0n) is 17.5. The maximum absolute atomic E-state index is 12.6. The summed E-state index contributed by atoms with van der Waals surface area (Å²) in [6, 6.07) is 18.8. The highest BCUT2D eigenvalue weighted by molar-refractivity contribution is 6.12. The Morgan fingerprint density at radius 1 is 0.906 bits per heavy atom. The lowest BCUT2D eigenvalue weighted by Gasteiger charge is -2.06. The number of Topliss-reactive ketones (excluding diaryl/α,β-unsaturated/α-hetero) is 1. The first-order valence-electron chi connectivity index (χ1n) is 9.83. The molecule has 3 aromatic rings. The molecule has 1 heterocycles. The maximum Gasteiger partial charge on any atom is 0.343 e. The minimum Gasteiger partial charge on any atom is -0.497 e. The van der Waals surface area contributed by atoms with Gasteiger partial charge in [0.05, 0.1) is 25.3 Å². The maximum atomic E-state index is 12.6. The van der Waals surface area contributed by atoms with Crippen molar-refractivity contribution < 1.29 is 28.5 Å². The van der Waals surface area contributed by atoms with Gasteiger partial charge in [-0.1, -0.05) is 30.4 Å². The second-order valence-electron chi connectivity index (χ2n) is 6.84. The number of methoxy groups -OCH3 is 2. The van der Waals surface area contributed by atoms with Crippen LogP contribution in [0.3, 0.4) is 0 Å². The third-order valence-electron chi connectivity index (χ3n) is 4.84. The van der Waals surface area contributed by atoms with Crippen LogP contribution in [0.5, 0.6) is 23.0 Å². The minimum absolute atomic E-state index is 0.185. The van der Waals surface area contributed by atoms with Crippen LogP contribution in [0.15, 0.2) is 84.6 Å². The van der Waals surface area contributed by atoms with Crippen LogP contribution < -0.4 is 18.9 Å². The number of rotatable bonds is 6. The predicted octanol–water partition coefficient (Wildman–Crippen LogP) is 5.10. The number of carbonyl (C=O) groups excluding carboxylic acids is 2. The summed E-state index contributed by atoms with van der Waals surface area (Å²) < 4.78 is 21.5. The van der Waals surface area contributed by atoms with Crippen molar-refractivity contribution in [1.29, 1.82) is 0 Å². The van der Waals surface area contributed by atoms with Crippen LogP contribution in [0, 0.1) is 0 Å². The van der Waals surface area contributed by atoms with Crippen LogP contribution in [0.2, 0.25) is 0 Å². The van der Waals surface area contributed by atoms with Gasteiger partial charge in [0.25, 0.3) is 0 Å². The molecule has 0 bridgehead atoms. The van der Waals surface area contributed by atoms with E-state index < -0.39 is 5.97 Å². The van der Waals surface area contributed by atoms with E-state index in [-0.39, 0.29) is 17.3 Å². The van der Waals surface area contributed by atoms with Gasteiger partial charge in [-0.15, -0.1) is 0 Å². The molecule has 160 valence electrons. The third kappa shape index (κ3) is 4.39. The Bertz CT molecular complexity index is 1220. The van der Waals surface area contributed by atoms with E-state index in [2.05, 4.69) is 0 Å². The molecule has 0 aliphatic carbocycles. The van der Waals surface area contributed by atoms with E-state index in [4.69, 9.17) is 18.9 Å². The third-order valence-corrected chi connectivity index (χ3v) is 4.84. The summed E-state index contributed by atoms with van der Waals surface area (Å²) in [7, 11) is 3.15. The number of fused-ring (bicyclic) bond motifs is 1. The normalized spacial score (nSPS) is 13.7. The predicted molar refractivity (Wildman–Crippen MR) is 119 cm³/mol. The molecule has 0 unspecified atom stereocenters. The highest BCUT2D eigenvalue weighted by atomic mass is 16.5. The van der Waals surface area contributed by atoms with E-state index >= 15 is 0 Å². The first-order chi connectivity index (χ1) is 15.6. The Morgan fingerprint density at radius 3 is 2.41 bits per heavy atom. The molecule has 0 saturated heterocycles. The Balaban J connectivity index is 1.47. The monoisotopic (exact) mass is 428 g/mol. The molecule has 1 aliphatic heterocycles. The Kier molecular flexibility index (Phi) is 6.03. The van der Waals surface area contributed by atoms with Gasteiger partial charge in [0, 0.05) is 11.6 Å². The SMILES string of the molecule is COc1ccc(C(=O)Oc2ccc3c(c2)OC(=CC=Cc2ccccc2OC)C3=O)cc1. The number of ether oxygens (including phenoxy) is 4. The van der Waals surface area contributed by atoms with Crippen molar-refractivity contribution in [3.8, 4) is 23.0 Å². The number of ketones is 1. The van der Waals surface area contributed by atoms with Crippen molar-refractivity contribution >= 4 is 17.8 Å². The number of esters is 1. The van der Waals surface area contributed by atoms with Crippen molar-refractivity contribution in [3.63, 3.8) is 0 Å². The zero-order valence-corrected chi connectivity index (χ0v) is 17.5. The molecule has 6 heteroatoms. The fourth-order valence-corrected chi connectivity index (χ4v) is 3.18. The number of carbonyl (C=O) groups is 2. The summed E-state index contributed by atoms with van der Waals surface area (Å²) in [5.41, 5.74) is 1.67. The van der Waals surface area contributed by atoms with E-state index in [1.54, 1.807) is 62.8 Å². The molecule has 3 aromatic carbocycles. The fraction of sp³-hybridized carbons (Fsp3) is 0.0769. The first-order valence-corrected chi connectivity index (χ1v) is 9.83. The lowest BCUT2D eigenvalue weighted by molar-refractivity contribution is 0.0734. The quantitative estimate of drug-likeness (QED) is 0.309. The van der Waals surface area contributed by atoms with Gasteiger partial charge in [-0.2, -0.15) is 0 Å². The average molecular weight is 428 g/mol. The summed E-state index contributed by atoms with van der Waals surface area (Å²) in [5, 5.41) is 0. The van der Waals surface area contributed by atoms with Gasteiger partial charge < -0.3 is 18.9 Å². The van der Waals surface area contributed by atoms with Gasteiger partial charge in [0.1, 0.15) is 23.0 Å². The molecule has 0 atom stereocenters. The van der Waals surface area contributed by atoms with Crippen LogP contribution >= 0.6 is 0 Å². The highest BCUT2D eigenvalue weighted by Crippen LogP contribution is 2.34. The van der Waals surface area contributed by atoms with Gasteiger partial charge >= 0.3 is 5.97 Å². The van der Waals surface area contributed by atoms with E-state index in [0.29, 0.717) is 22.6 Å². The largest absolute Gasteiger partial charge is 0.497 e. The van der Waals surface area contributed by atoms with Gasteiger partial charge in [0.15, 0.2) is 5.76 Å². The van der Waals surface area contributed by atoms with Gasteiger partial charge in [-0.05, 0) is 48.5 Å². The highest BCUT2D eigenvalue weighted by Gasteiger charge is 2.27. The molecule has 0 saturated carbocycles. The molecular formula is C26H20O6. The Morgan fingerprint density at radius 2 is 1.66 bits per heavy atom. The molecular weight excluding hydrogens is 408 g/mol. The molecule has 0 N–H and O–H groups in total. The van der Waals surface area contributed by atoms with E-state index in [1.807, 2.05) is 30.3 Å². The lowest BCUT2D eigenvalue weighted by atomic mass is 10.1. The first kappa shape index (κ1) is 20.9. The molecule has 0 fully saturated rings. The van der Waals surface area contributed by atoms with Crippen molar-refractivity contribution in [3.05, 3.63) is 101 Å². The number of hydrogen-bond donors (Lipinski definition) is 0. The van der Waals surface area contributed by atoms with Crippen LogP contribution in [0.1, 0.15) is 26.3 Å². The van der Waals surface area contributed by atoms with Crippen molar-refractivity contribution in [1.82, 2.24) is 0 Å². The van der Waals surface area contributed by atoms with E-state index in [1.165, 1.54) is 6.07 Å². The molecule has 0 spiro atoms. The van der Waals surface area contributed by atoms with Gasteiger partial charge in [-0.25, -0.2) is 4.79 Å². The fourth-order valence-electron chi connectivity index (χ4n) is 3.18. The molecule has 0 radical (unpaired) electrons. The molecule has 32 heavy (non-hydrogen) atoms. The number of allylic oxidation sites excluding steroid dienone is 3. The molecule has 1 aliphatic rings. The number of para-hydroxylation sites is 1.